The maximum Gasteiger partial charge on any atom is 0.316 e. The molecule has 1 aromatic heterocycles. The molecule has 3 rings (SSSR count). The number of benzene rings is 2. The predicted octanol–water partition coefficient (Wildman–Crippen LogP) is 4.79. The third-order valence-electron chi connectivity index (χ3n) is 4.14. The second-order valence-electron chi connectivity index (χ2n) is 6.52. The average Bonchev–Trinajstić information content (AvgIpc) is 2.71. The first-order chi connectivity index (χ1) is 14.0. The van der Waals surface area contributed by atoms with Crippen molar-refractivity contribution in [3.8, 4) is 0 Å². The van der Waals surface area contributed by atoms with Gasteiger partial charge in [-0.2, -0.15) is 0 Å². The molecule has 1 amide bonds. The number of rotatable bonds is 7. The summed E-state index contributed by atoms with van der Waals surface area (Å²) in [6.45, 7) is 3.96. The van der Waals surface area contributed by atoms with Crippen LogP contribution in [0.25, 0.3) is 0 Å². The largest absolute Gasteiger partial charge is 0.460 e. The fourth-order valence-corrected chi connectivity index (χ4v) is 3.75. The molecule has 1 heterocycles. The number of hydrogen-bond donors (Lipinski definition) is 1. The lowest BCUT2D eigenvalue weighted by molar-refractivity contribution is -0.141. The van der Waals surface area contributed by atoms with Crippen molar-refractivity contribution in [1.82, 2.24) is 4.98 Å². The molecule has 148 valence electrons. The van der Waals surface area contributed by atoms with E-state index in [1.165, 1.54) is 11.8 Å². The minimum atomic E-state index is -0.353. The van der Waals surface area contributed by atoms with Crippen LogP contribution < -0.4 is 5.32 Å². The molecule has 0 saturated heterocycles. The molecule has 6 heteroatoms. The first-order valence-corrected chi connectivity index (χ1v) is 10.2. The smallest absolute Gasteiger partial charge is 0.316 e. The average molecular weight is 407 g/mol. The minimum absolute atomic E-state index is 0.0777. The van der Waals surface area contributed by atoms with Gasteiger partial charge in [0.15, 0.2) is 0 Å². The van der Waals surface area contributed by atoms with Crippen LogP contribution in [0.4, 0.5) is 5.69 Å². The lowest BCUT2D eigenvalue weighted by Crippen LogP contribution is -2.16. The Morgan fingerprint density at radius 2 is 1.66 bits per heavy atom. The summed E-state index contributed by atoms with van der Waals surface area (Å²) in [5, 5.41) is 3.41. The highest BCUT2D eigenvalue weighted by molar-refractivity contribution is 8.00. The number of anilines is 1. The third-order valence-corrected chi connectivity index (χ3v) is 5.09. The molecule has 0 fully saturated rings. The molecule has 2 aromatic carbocycles. The number of aryl methyl sites for hydroxylation is 2. The second-order valence-corrected chi connectivity index (χ2v) is 7.48. The summed E-state index contributed by atoms with van der Waals surface area (Å²) in [6.07, 6.45) is 0. The summed E-state index contributed by atoms with van der Waals surface area (Å²) in [5.74, 6) is -0.524. The van der Waals surface area contributed by atoms with Crippen LogP contribution in [0.3, 0.4) is 0 Å². The number of carbonyl (C=O) groups excluding carboxylic acids is 2. The number of hydrogen-bond acceptors (Lipinski definition) is 5. The zero-order chi connectivity index (χ0) is 20.6. The van der Waals surface area contributed by atoms with Crippen LogP contribution in [0.1, 0.15) is 27.2 Å². The number of thioether (sulfide) groups is 1. The Morgan fingerprint density at radius 1 is 1.00 bits per heavy atom. The Kier molecular flexibility index (Phi) is 7.03. The summed E-state index contributed by atoms with van der Waals surface area (Å²) in [7, 11) is 0. The van der Waals surface area contributed by atoms with E-state index in [-0.39, 0.29) is 24.2 Å². The summed E-state index contributed by atoms with van der Waals surface area (Å²) in [4.78, 5) is 29.5. The summed E-state index contributed by atoms with van der Waals surface area (Å²) in [6, 6.07) is 20.6. The van der Waals surface area contributed by atoms with Crippen molar-refractivity contribution in [2.75, 3.05) is 11.1 Å². The number of nitrogens with zero attached hydrogens (tertiary/aromatic N) is 1. The standard InChI is InChI=1S/C23H22N2O3S/c1-16-13-17(2)24-23(21(16)22(27)25-19-11-7-4-8-12-19)29-15-20(26)28-14-18-9-5-3-6-10-18/h3-13H,14-15H2,1-2H3,(H,25,27). The van der Waals surface area contributed by atoms with Gasteiger partial charge in [-0.15, -0.1) is 0 Å². The van der Waals surface area contributed by atoms with E-state index in [1.54, 1.807) is 0 Å². The normalized spacial score (nSPS) is 10.4. The van der Waals surface area contributed by atoms with Gasteiger partial charge in [0.2, 0.25) is 0 Å². The number of ether oxygens (including phenoxy) is 1. The maximum absolute atomic E-state index is 12.8. The number of nitrogens with one attached hydrogen (secondary N) is 1. The van der Waals surface area contributed by atoms with Crippen LogP contribution in [0, 0.1) is 13.8 Å². The van der Waals surface area contributed by atoms with E-state index in [2.05, 4.69) is 10.3 Å². The summed E-state index contributed by atoms with van der Waals surface area (Å²) < 4.78 is 5.32. The van der Waals surface area contributed by atoms with Crippen molar-refractivity contribution in [3.05, 3.63) is 89.1 Å². The predicted molar refractivity (Wildman–Crippen MR) is 115 cm³/mol. The van der Waals surface area contributed by atoms with E-state index < -0.39 is 0 Å². The van der Waals surface area contributed by atoms with E-state index in [0.29, 0.717) is 16.3 Å². The van der Waals surface area contributed by atoms with Crippen LogP contribution in [0.15, 0.2) is 71.8 Å². The molecule has 1 N–H and O–H groups in total. The Morgan fingerprint density at radius 3 is 2.34 bits per heavy atom. The lowest BCUT2D eigenvalue weighted by Gasteiger charge is -2.13. The van der Waals surface area contributed by atoms with Crippen molar-refractivity contribution in [1.29, 1.82) is 0 Å². The molecular weight excluding hydrogens is 384 g/mol. The van der Waals surface area contributed by atoms with Gasteiger partial charge in [0, 0.05) is 11.4 Å². The zero-order valence-corrected chi connectivity index (χ0v) is 17.2. The fourth-order valence-electron chi connectivity index (χ4n) is 2.81. The molecular formula is C23H22N2O3S. The topological polar surface area (TPSA) is 68.3 Å². The van der Waals surface area contributed by atoms with Gasteiger partial charge >= 0.3 is 5.97 Å². The van der Waals surface area contributed by atoms with Crippen molar-refractivity contribution in [2.24, 2.45) is 0 Å². The van der Waals surface area contributed by atoms with Crippen molar-refractivity contribution >= 4 is 29.3 Å². The van der Waals surface area contributed by atoms with E-state index in [1.807, 2.05) is 80.6 Å². The Balaban J connectivity index is 1.68. The number of aromatic nitrogens is 1. The number of para-hydroxylation sites is 1. The van der Waals surface area contributed by atoms with Gasteiger partial charge in [0.05, 0.1) is 11.3 Å². The highest BCUT2D eigenvalue weighted by atomic mass is 32.2. The quantitative estimate of drug-likeness (QED) is 0.451. The van der Waals surface area contributed by atoms with Gasteiger partial charge in [-0.3, -0.25) is 9.59 Å². The third kappa shape index (κ3) is 5.93. The maximum atomic E-state index is 12.8. The molecule has 0 aliphatic rings. The van der Waals surface area contributed by atoms with Crippen LogP contribution in [-0.4, -0.2) is 22.6 Å². The van der Waals surface area contributed by atoms with E-state index in [0.717, 1.165) is 16.8 Å². The van der Waals surface area contributed by atoms with Crippen LogP contribution in [0.2, 0.25) is 0 Å². The monoisotopic (exact) mass is 406 g/mol. The van der Waals surface area contributed by atoms with Crippen LogP contribution in [-0.2, 0) is 16.1 Å². The molecule has 0 spiro atoms. The summed E-state index contributed by atoms with van der Waals surface area (Å²) in [5.41, 5.74) is 3.71. The summed E-state index contributed by atoms with van der Waals surface area (Å²) >= 11 is 1.21. The number of carbonyl (C=O) groups is 2. The van der Waals surface area contributed by atoms with Crippen molar-refractivity contribution < 1.29 is 14.3 Å². The van der Waals surface area contributed by atoms with E-state index in [9.17, 15) is 9.59 Å². The Hall–Kier alpha value is -3.12. The van der Waals surface area contributed by atoms with Gasteiger partial charge in [-0.25, -0.2) is 4.98 Å². The number of pyridine rings is 1. The van der Waals surface area contributed by atoms with Crippen molar-refractivity contribution in [3.63, 3.8) is 0 Å². The van der Waals surface area contributed by atoms with Gasteiger partial charge in [0.1, 0.15) is 11.6 Å². The lowest BCUT2D eigenvalue weighted by atomic mass is 10.1. The molecule has 5 nitrogen and oxygen atoms in total. The zero-order valence-electron chi connectivity index (χ0n) is 16.3. The van der Waals surface area contributed by atoms with E-state index in [4.69, 9.17) is 4.74 Å². The molecule has 0 radical (unpaired) electrons. The molecule has 0 atom stereocenters. The highest BCUT2D eigenvalue weighted by Crippen LogP contribution is 2.25. The Labute approximate surface area is 174 Å². The molecule has 0 bridgehead atoms. The molecule has 3 aromatic rings. The molecule has 0 saturated carbocycles. The molecule has 0 aliphatic carbocycles. The fraction of sp³-hybridized carbons (Fsp3) is 0.174. The number of amides is 1. The first-order valence-electron chi connectivity index (χ1n) is 9.20. The Bertz CT molecular complexity index is 992. The highest BCUT2D eigenvalue weighted by Gasteiger charge is 2.19. The number of esters is 1. The molecule has 0 unspecified atom stereocenters. The van der Waals surface area contributed by atoms with E-state index >= 15 is 0 Å². The van der Waals surface area contributed by atoms with Gasteiger partial charge < -0.3 is 10.1 Å². The minimum Gasteiger partial charge on any atom is -0.460 e. The van der Waals surface area contributed by atoms with Gasteiger partial charge in [-0.05, 0) is 43.2 Å². The molecule has 29 heavy (non-hydrogen) atoms. The van der Waals surface area contributed by atoms with Crippen molar-refractivity contribution in [2.45, 2.75) is 25.5 Å². The SMILES string of the molecule is Cc1cc(C)c(C(=O)Nc2ccccc2)c(SCC(=O)OCc2ccccc2)n1. The first kappa shape index (κ1) is 20.6. The van der Waals surface area contributed by atoms with Crippen LogP contribution in [0.5, 0.6) is 0 Å². The second kappa shape index (κ2) is 9.89. The molecule has 0 aliphatic heterocycles. The van der Waals surface area contributed by atoms with Gasteiger partial charge in [-0.1, -0.05) is 60.3 Å². The van der Waals surface area contributed by atoms with Gasteiger partial charge in [0.25, 0.3) is 5.91 Å². The van der Waals surface area contributed by atoms with Crippen LogP contribution >= 0.6 is 11.8 Å².